The predicted octanol–water partition coefficient (Wildman–Crippen LogP) is 2.38. The molecule has 4 heteroatoms. The number of carbonyl (C=O) groups is 1. The Morgan fingerprint density at radius 1 is 1.33 bits per heavy atom. The molecule has 0 atom stereocenters. The molecule has 0 aliphatic rings. The van der Waals surface area contributed by atoms with Gasteiger partial charge in [-0.05, 0) is 11.6 Å². The predicted molar refractivity (Wildman–Crippen MR) is 54.5 cm³/mol. The standard InChI is InChI=1S/C11H11F2NO/c1-14-10(7-15)6-8-2-4-9(5-3-8)11(12)13/h2-7,11,14H,1H3/b10-6-. The first-order valence-corrected chi connectivity index (χ1v) is 4.40. The van der Waals surface area contributed by atoms with E-state index in [1.54, 1.807) is 25.3 Å². The lowest BCUT2D eigenvalue weighted by Crippen LogP contribution is -2.05. The fourth-order valence-electron chi connectivity index (χ4n) is 1.08. The zero-order chi connectivity index (χ0) is 11.3. The van der Waals surface area contributed by atoms with Crippen LogP contribution in [0.5, 0.6) is 0 Å². The van der Waals surface area contributed by atoms with Gasteiger partial charge < -0.3 is 5.32 Å². The van der Waals surface area contributed by atoms with Crippen molar-refractivity contribution in [1.29, 1.82) is 0 Å². The molecule has 0 radical (unpaired) electrons. The van der Waals surface area contributed by atoms with Gasteiger partial charge in [-0.25, -0.2) is 8.78 Å². The number of hydrogen-bond donors (Lipinski definition) is 1. The monoisotopic (exact) mass is 211 g/mol. The molecule has 80 valence electrons. The number of benzene rings is 1. The van der Waals surface area contributed by atoms with Crippen molar-refractivity contribution < 1.29 is 13.6 Å². The van der Waals surface area contributed by atoms with Crippen molar-refractivity contribution in [2.75, 3.05) is 7.05 Å². The van der Waals surface area contributed by atoms with E-state index in [9.17, 15) is 13.6 Å². The number of hydrogen-bond acceptors (Lipinski definition) is 2. The molecule has 0 aliphatic heterocycles. The first kappa shape index (κ1) is 11.4. The van der Waals surface area contributed by atoms with E-state index in [4.69, 9.17) is 0 Å². The van der Waals surface area contributed by atoms with Crippen LogP contribution < -0.4 is 5.32 Å². The van der Waals surface area contributed by atoms with E-state index >= 15 is 0 Å². The molecule has 0 bridgehead atoms. The molecule has 0 spiro atoms. The van der Waals surface area contributed by atoms with Gasteiger partial charge in [-0.15, -0.1) is 0 Å². The summed E-state index contributed by atoms with van der Waals surface area (Å²) in [5.74, 6) is 0. The number of carbonyl (C=O) groups excluding carboxylic acids is 1. The van der Waals surface area contributed by atoms with Crippen molar-refractivity contribution in [1.82, 2.24) is 5.32 Å². The van der Waals surface area contributed by atoms with Crippen LogP contribution >= 0.6 is 0 Å². The Kier molecular flexibility index (Phi) is 3.97. The van der Waals surface area contributed by atoms with E-state index in [-0.39, 0.29) is 5.56 Å². The number of alkyl halides is 2. The van der Waals surface area contributed by atoms with Gasteiger partial charge >= 0.3 is 0 Å². The number of nitrogens with one attached hydrogen (secondary N) is 1. The molecule has 1 aromatic carbocycles. The zero-order valence-corrected chi connectivity index (χ0v) is 8.21. The van der Waals surface area contributed by atoms with Gasteiger partial charge in [0.15, 0.2) is 6.29 Å². The minimum absolute atomic E-state index is 0.0238. The van der Waals surface area contributed by atoms with E-state index in [2.05, 4.69) is 5.32 Å². The lowest BCUT2D eigenvalue weighted by atomic mass is 10.1. The Morgan fingerprint density at radius 3 is 2.33 bits per heavy atom. The van der Waals surface area contributed by atoms with Crippen LogP contribution in [0.15, 0.2) is 30.0 Å². The van der Waals surface area contributed by atoms with Crippen LogP contribution in [0.3, 0.4) is 0 Å². The van der Waals surface area contributed by atoms with Gasteiger partial charge in [0.05, 0.1) is 5.70 Å². The third kappa shape index (κ3) is 3.16. The summed E-state index contributed by atoms with van der Waals surface area (Å²) in [5.41, 5.74) is 1.08. The third-order valence-corrected chi connectivity index (χ3v) is 1.93. The second kappa shape index (κ2) is 5.24. The SMILES string of the molecule is CN/C(C=O)=C\c1ccc(C(F)F)cc1. The maximum Gasteiger partial charge on any atom is 0.263 e. The van der Waals surface area contributed by atoms with E-state index in [1.807, 2.05) is 0 Å². The first-order valence-electron chi connectivity index (χ1n) is 4.40. The molecule has 0 aliphatic carbocycles. The Balaban J connectivity index is 2.89. The highest BCUT2D eigenvalue weighted by atomic mass is 19.3. The second-order valence-electron chi connectivity index (χ2n) is 2.93. The van der Waals surface area contributed by atoms with Crippen molar-refractivity contribution in [2.24, 2.45) is 0 Å². The van der Waals surface area contributed by atoms with Gasteiger partial charge in [0.25, 0.3) is 6.43 Å². The summed E-state index contributed by atoms with van der Waals surface area (Å²) >= 11 is 0. The smallest absolute Gasteiger partial charge is 0.263 e. The maximum atomic E-state index is 12.2. The topological polar surface area (TPSA) is 29.1 Å². The fourth-order valence-corrected chi connectivity index (χ4v) is 1.08. The van der Waals surface area contributed by atoms with E-state index in [1.165, 1.54) is 12.1 Å². The average Bonchev–Trinajstić information content (AvgIpc) is 2.26. The summed E-state index contributed by atoms with van der Waals surface area (Å²) in [6, 6.07) is 5.77. The molecular weight excluding hydrogens is 200 g/mol. The van der Waals surface area contributed by atoms with Gasteiger partial charge in [0.1, 0.15) is 0 Å². The molecule has 0 amide bonds. The summed E-state index contributed by atoms with van der Waals surface area (Å²) < 4.78 is 24.4. The van der Waals surface area contributed by atoms with Crippen molar-refractivity contribution in [3.8, 4) is 0 Å². The highest BCUT2D eigenvalue weighted by Gasteiger charge is 2.05. The number of rotatable bonds is 4. The Hall–Kier alpha value is -1.71. The van der Waals surface area contributed by atoms with Gasteiger partial charge in [-0.2, -0.15) is 0 Å². The normalized spacial score (nSPS) is 11.6. The number of aldehydes is 1. The lowest BCUT2D eigenvalue weighted by molar-refractivity contribution is -0.105. The van der Waals surface area contributed by atoms with Gasteiger partial charge in [-0.3, -0.25) is 4.79 Å². The van der Waals surface area contributed by atoms with Gasteiger partial charge in [0, 0.05) is 12.6 Å². The molecule has 1 N–H and O–H groups in total. The lowest BCUT2D eigenvalue weighted by Gasteiger charge is -2.01. The van der Waals surface area contributed by atoms with Crippen LogP contribution in [0.25, 0.3) is 6.08 Å². The van der Waals surface area contributed by atoms with Gasteiger partial charge in [-0.1, -0.05) is 24.3 Å². The van der Waals surface area contributed by atoms with E-state index in [0.717, 1.165) is 0 Å². The van der Waals surface area contributed by atoms with Crippen molar-refractivity contribution in [3.05, 3.63) is 41.1 Å². The number of likely N-dealkylation sites (N-methyl/N-ethyl adjacent to an activating group) is 1. The minimum Gasteiger partial charge on any atom is -0.385 e. The summed E-state index contributed by atoms with van der Waals surface area (Å²) in [4.78, 5) is 10.5. The molecule has 1 aromatic rings. The van der Waals surface area contributed by atoms with Crippen LogP contribution in [0.1, 0.15) is 17.6 Å². The Labute approximate surface area is 86.6 Å². The fraction of sp³-hybridized carbons (Fsp3) is 0.182. The highest BCUT2D eigenvalue weighted by Crippen LogP contribution is 2.19. The summed E-state index contributed by atoms with van der Waals surface area (Å²) in [7, 11) is 1.62. The molecule has 15 heavy (non-hydrogen) atoms. The number of allylic oxidation sites excluding steroid dienone is 1. The van der Waals surface area contributed by atoms with E-state index < -0.39 is 6.43 Å². The van der Waals surface area contributed by atoms with Crippen molar-refractivity contribution in [3.63, 3.8) is 0 Å². The molecule has 0 saturated heterocycles. The minimum atomic E-state index is -2.46. The quantitative estimate of drug-likeness (QED) is 0.612. The van der Waals surface area contributed by atoms with Crippen LogP contribution in [-0.2, 0) is 4.79 Å². The van der Waals surface area contributed by atoms with Crippen LogP contribution in [-0.4, -0.2) is 13.3 Å². The van der Waals surface area contributed by atoms with E-state index in [0.29, 0.717) is 17.5 Å². The van der Waals surface area contributed by atoms with Crippen LogP contribution in [0.4, 0.5) is 8.78 Å². The largest absolute Gasteiger partial charge is 0.385 e. The molecule has 2 nitrogen and oxygen atoms in total. The van der Waals surface area contributed by atoms with Crippen molar-refractivity contribution >= 4 is 12.4 Å². The van der Waals surface area contributed by atoms with Crippen LogP contribution in [0.2, 0.25) is 0 Å². The highest BCUT2D eigenvalue weighted by molar-refractivity contribution is 5.80. The Morgan fingerprint density at radius 2 is 1.93 bits per heavy atom. The summed E-state index contributed by atoms with van der Waals surface area (Å²) in [6.07, 6.45) is -0.207. The molecule has 0 unspecified atom stereocenters. The first-order chi connectivity index (χ1) is 7.17. The third-order valence-electron chi connectivity index (χ3n) is 1.93. The maximum absolute atomic E-state index is 12.2. The summed E-state index contributed by atoms with van der Waals surface area (Å²) in [6.45, 7) is 0. The molecule has 0 heterocycles. The summed E-state index contributed by atoms with van der Waals surface area (Å²) in [5, 5.41) is 2.68. The molecule has 0 fully saturated rings. The second-order valence-corrected chi connectivity index (χ2v) is 2.93. The van der Waals surface area contributed by atoms with Gasteiger partial charge in [0.2, 0.25) is 0 Å². The zero-order valence-electron chi connectivity index (χ0n) is 8.21. The number of halogens is 2. The average molecular weight is 211 g/mol. The molecule has 1 rings (SSSR count). The van der Waals surface area contributed by atoms with Crippen molar-refractivity contribution in [2.45, 2.75) is 6.43 Å². The molecule has 0 saturated carbocycles. The Bertz CT molecular complexity index is 357. The molecule has 0 aromatic heterocycles. The molecular formula is C11H11F2NO. The van der Waals surface area contributed by atoms with Crippen LogP contribution in [0, 0.1) is 0 Å².